The van der Waals surface area contributed by atoms with Crippen LogP contribution in [0.25, 0.3) is 0 Å². The van der Waals surface area contributed by atoms with Gasteiger partial charge in [0.2, 0.25) is 5.01 Å². The van der Waals surface area contributed by atoms with Gasteiger partial charge in [-0.05, 0) is 0 Å². The van der Waals surface area contributed by atoms with Gasteiger partial charge in [0, 0.05) is 31.9 Å². The Labute approximate surface area is 108 Å². The van der Waals surface area contributed by atoms with Crippen LogP contribution in [0.2, 0.25) is 0 Å². The summed E-state index contributed by atoms with van der Waals surface area (Å²) < 4.78 is 1.87. The molecule has 0 atom stereocenters. The van der Waals surface area contributed by atoms with Gasteiger partial charge in [0.1, 0.15) is 12.2 Å². The normalized spacial score (nSPS) is 10.7. The van der Waals surface area contributed by atoms with Gasteiger partial charge in [-0.25, -0.2) is 9.78 Å². The zero-order valence-electron chi connectivity index (χ0n) is 9.83. The minimum absolute atomic E-state index is 0.125. The third-order valence-corrected chi connectivity index (χ3v) is 3.25. The SMILES string of the molecule is Cn1cnnc1CCNCc1csc(C(=O)O)n1. The van der Waals surface area contributed by atoms with Crippen molar-refractivity contribution in [2.24, 2.45) is 7.05 Å². The van der Waals surface area contributed by atoms with Crippen molar-refractivity contribution in [2.75, 3.05) is 6.54 Å². The Hall–Kier alpha value is -1.80. The molecule has 0 fully saturated rings. The van der Waals surface area contributed by atoms with E-state index in [-0.39, 0.29) is 5.01 Å². The van der Waals surface area contributed by atoms with E-state index in [0.717, 1.165) is 35.8 Å². The van der Waals surface area contributed by atoms with Gasteiger partial charge in [0.25, 0.3) is 0 Å². The average Bonchev–Trinajstić information content (AvgIpc) is 2.94. The molecule has 0 aliphatic rings. The zero-order valence-corrected chi connectivity index (χ0v) is 10.6. The molecular weight excluding hydrogens is 254 g/mol. The van der Waals surface area contributed by atoms with Crippen molar-refractivity contribution in [1.29, 1.82) is 0 Å². The summed E-state index contributed by atoms with van der Waals surface area (Å²) in [6, 6.07) is 0. The number of thiazole rings is 1. The highest BCUT2D eigenvalue weighted by Crippen LogP contribution is 2.09. The maximum atomic E-state index is 10.6. The fourth-order valence-corrected chi connectivity index (χ4v) is 2.09. The van der Waals surface area contributed by atoms with Gasteiger partial charge in [-0.3, -0.25) is 0 Å². The first-order valence-corrected chi connectivity index (χ1v) is 6.26. The first kappa shape index (κ1) is 12.7. The Morgan fingerprint density at radius 1 is 1.61 bits per heavy atom. The van der Waals surface area contributed by atoms with Crippen LogP contribution in [0.1, 0.15) is 21.3 Å². The molecule has 0 aromatic carbocycles. The number of hydrogen-bond acceptors (Lipinski definition) is 6. The summed E-state index contributed by atoms with van der Waals surface area (Å²) in [5.74, 6) is -0.0719. The van der Waals surface area contributed by atoms with Crippen molar-refractivity contribution in [3.63, 3.8) is 0 Å². The van der Waals surface area contributed by atoms with Crippen LogP contribution in [0.15, 0.2) is 11.7 Å². The molecular formula is C10H13N5O2S. The molecule has 2 N–H and O–H groups in total. The van der Waals surface area contributed by atoms with Crippen molar-refractivity contribution in [1.82, 2.24) is 25.1 Å². The van der Waals surface area contributed by atoms with Gasteiger partial charge in [0.15, 0.2) is 0 Å². The highest BCUT2D eigenvalue weighted by Gasteiger charge is 2.08. The average molecular weight is 267 g/mol. The van der Waals surface area contributed by atoms with Crippen LogP contribution in [0, 0.1) is 0 Å². The molecule has 0 bridgehead atoms. The standard InChI is InChI=1S/C10H13N5O2S/c1-15-6-12-14-8(15)2-3-11-4-7-5-18-9(13-7)10(16)17/h5-6,11H,2-4H2,1H3,(H,16,17). The lowest BCUT2D eigenvalue weighted by Crippen LogP contribution is -2.18. The van der Waals surface area contributed by atoms with Crippen molar-refractivity contribution in [3.05, 3.63) is 28.2 Å². The minimum atomic E-state index is -0.981. The molecule has 0 saturated carbocycles. The Morgan fingerprint density at radius 3 is 3.06 bits per heavy atom. The van der Waals surface area contributed by atoms with E-state index in [9.17, 15) is 4.79 Å². The van der Waals surface area contributed by atoms with Crippen LogP contribution in [-0.2, 0) is 20.0 Å². The summed E-state index contributed by atoms with van der Waals surface area (Å²) in [6.07, 6.45) is 2.43. The Morgan fingerprint density at radius 2 is 2.44 bits per heavy atom. The zero-order chi connectivity index (χ0) is 13.0. The quantitative estimate of drug-likeness (QED) is 0.731. The summed E-state index contributed by atoms with van der Waals surface area (Å²) >= 11 is 1.14. The summed E-state index contributed by atoms with van der Waals surface area (Å²) in [4.78, 5) is 14.6. The number of carboxylic acid groups (broad SMARTS) is 1. The number of nitrogens with zero attached hydrogens (tertiary/aromatic N) is 4. The molecule has 8 heteroatoms. The summed E-state index contributed by atoms with van der Waals surface area (Å²) in [5.41, 5.74) is 0.746. The van der Waals surface area contributed by atoms with Gasteiger partial charge < -0.3 is 15.0 Å². The van der Waals surface area contributed by atoms with Crippen LogP contribution in [-0.4, -0.2) is 37.4 Å². The van der Waals surface area contributed by atoms with Gasteiger partial charge in [-0.2, -0.15) is 0 Å². The smallest absolute Gasteiger partial charge is 0.365 e. The fraction of sp³-hybridized carbons (Fsp3) is 0.400. The maximum Gasteiger partial charge on any atom is 0.365 e. The summed E-state index contributed by atoms with van der Waals surface area (Å²) in [5, 5.41) is 21.6. The summed E-state index contributed by atoms with van der Waals surface area (Å²) in [6.45, 7) is 1.30. The van der Waals surface area contributed by atoms with Gasteiger partial charge in [-0.1, -0.05) is 0 Å². The predicted octanol–water partition coefficient (Wildman–Crippen LogP) is 0.302. The third kappa shape index (κ3) is 3.11. The second-order valence-corrected chi connectivity index (χ2v) is 4.59. The molecule has 0 spiro atoms. The van der Waals surface area contributed by atoms with E-state index in [0.29, 0.717) is 6.54 Å². The monoisotopic (exact) mass is 267 g/mol. The number of carbonyl (C=O) groups is 1. The number of aryl methyl sites for hydroxylation is 1. The second-order valence-electron chi connectivity index (χ2n) is 3.73. The van der Waals surface area contributed by atoms with Crippen molar-refractivity contribution < 1.29 is 9.90 Å². The largest absolute Gasteiger partial charge is 0.476 e. The lowest BCUT2D eigenvalue weighted by atomic mass is 10.4. The molecule has 2 heterocycles. The molecule has 2 rings (SSSR count). The van der Waals surface area contributed by atoms with Crippen molar-refractivity contribution in [2.45, 2.75) is 13.0 Å². The number of aromatic nitrogens is 4. The number of aromatic carboxylic acids is 1. The number of hydrogen-bond donors (Lipinski definition) is 2. The van der Waals surface area contributed by atoms with Crippen LogP contribution in [0.4, 0.5) is 0 Å². The van der Waals surface area contributed by atoms with E-state index in [2.05, 4.69) is 20.5 Å². The molecule has 96 valence electrons. The Bertz CT molecular complexity index is 536. The first-order valence-electron chi connectivity index (χ1n) is 5.38. The van der Waals surface area contributed by atoms with E-state index < -0.39 is 5.97 Å². The van der Waals surface area contributed by atoms with Crippen LogP contribution < -0.4 is 5.32 Å². The van der Waals surface area contributed by atoms with Crippen LogP contribution >= 0.6 is 11.3 Å². The lowest BCUT2D eigenvalue weighted by molar-refractivity contribution is 0.0696. The summed E-state index contributed by atoms with van der Waals surface area (Å²) in [7, 11) is 1.90. The number of nitrogens with one attached hydrogen (secondary N) is 1. The van der Waals surface area contributed by atoms with Gasteiger partial charge in [-0.15, -0.1) is 21.5 Å². The molecule has 0 amide bonds. The third-order valence-electron chi connectivity index (χ3n) is 2.37. The van der Waals surface area contributed by atoms with Gasteiger partial charge >= 0.3 is 5.97 Å². The predicted molar refractivity (Wildman–Crippen MR) is 65.5 cm³/mol. The molecule has 7 nitrogen and oxygen atoms in total. The first-order chi connectivity index (χ1) is 8.66. The van der Waals surface area contributed by atoms with E-state index >= 15 is 0 Å². The van der Waals surface area contributed by atoms with E-state index in [1.54, 1.807) is 11.7 Å². The lowest BCUT2D eigenvalue weighted by Gasteiger charge is -2.02. The molecule has 0 saturated heterocycles. The molecule has 0 unspecified atom stereocenters. The second kappa shape index (κ2) is 5.69. The van der Waals surface area contributed by atoms with Crippen molar-refractivity contribution >= 4 is 17.3 Å². The maximum absolute atomic E-state index is 10.6. The van der Waals surface area contributed by atoms with E-state index in [4.69, 9.17) is 5.11 Å². The molecule has 0 aliphatic heterocycles. The number of carboxylic acids is 1. The fourth-order valence-electron chi connectivity index (χ4n) is 1.44. The molecule has 18 heavy (non-hydrogen) atoms. The van der Waals surface area contributed by atoms with E-state index in [1.165, 1.54) is 0 Å². The van der Waals surface area contributed by atoms with Gasteiger partial charge in [0.05, 0.1) is 5.69 Å². The molecule has 2 aromatic rings. The van der Waals surface area contributed by atoms with E-state index in [1.807, 2.05) is 11.6 Å². The van der Waals surface area contributed by atoms with Crippen LogP contribution in [0.3, 0.4) is 0 Å². The highest BCUT2D eigenvalue weighted by atomic mass is 32.1. The Balaban J connectivity index is 1.75. The minimum Gasteiger partial charge on any atom is -0.476 e. The molecule has 0 aliphatic carbocycles. The Kier molecular flexibility index (Phi) is 4.00. The van der Waals surface area contributed by atoms with Crippen LogP contribution in [0.5, 0.6) is 0 Å². The number of rotatable bonds is 6. The molecule has 2 aromatic heterocycles. The molecule has 0 radical (unpaired) electrons. The topological polar surface area (TPSA) is 92.9 Å². The highest BCUT2D eigenvalue weighted by molar-refractivity contribution is 7.11. The van der Waals surface area contributed by atoms with Crippen molar-refractivity contribution in [3.8, 4) is 0 Å².